The van der Waals surface area contributed by atoms with Crippen LogP contribution >= 0.6 is 0 Å². The summed E-state index contributed by atoms with van der Waals surface area (Å²) < 4.78 is 2.20. The first-order valence-electron chi connectivity index (χ1n) is 9.70. The largest absolute Gasteiger partial charge is 0.382 e. The summed E-state index contributed by atoms with van der Waals surface area (Å²) in [5, 5.41) is 3.38. The Morgan fingerprint density at radius 3 is 2.61 bits per heavy atom. The molecule has 1 aliphatic heterocycles. The third-order valence-corrected chi connectivity index (χ3v) is 5.55. The minimum atomic E-state index is 0.496. The lowest BCUT2D eigenvalue weighted by molar-refractivity contribution is 0.249. The van der Waals surface area contributed by atoms with Gasteiger partial charge in [-0.05, 0) is 56.7 Å². The van der Waals surface area contributed by atoms with Crippen LogP contribution in [0.4, 0.5) is 11.5 Å². The molecule has 7 nitrogen and oxygen atoms in total. The topological polar surface area (TPSA) is 84.9 Å². The van der Waals surface area contributed by atoms with Crippen molar-refractivity contribution in [1.82, 2.24) is 24.4 Å². The Labute approximate surface area is 165 Å². The van der Waals surface area contributed by atoms with E-state index in [-0.39, 0.29) is 0 Å². The molecule has 1 saturated heterocycles. The van der Waals surface area contributed by atoms with Crippen LogP contribution in [-0.2, 0) is 13.6 Å². The zero-order valence-corrected chi connectivity index (χ0v) is 16.5. The first kappa shape index (κ1) is 18.4. The van der Waals surface area contributed by atoms with Gasteiger partial charge in [-0.3, -0.25) is 4.98 Å². The molecule has 0 unspecified atom stereocenters. The van der Waals surface area contributed by atoms with E-state index in [1.54, 1.807) is 12.4 Å². The summed E-state index contributed by atoms with van der Waals surface area (Å²) in [6.45, 7) is 2.92. The predicted molar refractivity (Wildman–Crippen MR) is 112 cm³/mol. The number of anilines is 2. The highest BCUT2D eigenvalue weighted by molar-refractivity contribution is 5.71. The van der Waals surface area contributed by atoms with Crippen molar-refractivity contribution in [2.24, 2.45) is 7.05 Å². The normalized spacial score (nSPS) is 15.6. The van der Waals surface area contributed by atoms with Crippen molar-refractivity contribution in [3.63, 3.8) is 0 Å². The number of nitrogens with zero attached hydrogens (tertiary/aromatic N) is 5. The van der Waals surface area contributed by atoms with Crippen molar-refractivity contribution in [1.29, 1.82) is 0 Å². The molecule has 0 aromatic carbocycles. The number of hydrogen-bond acceptors (Lipinski definition) is 6. The van der Waals surface area contributed by atoms with Crippen molar-refractivity contribution >= 4 is 11.5 Å². The number of likely N-dealkylation sites (tertiary alicyclic amines) is 1. The van der Waals surface area contributed by atoms with E-state index in [1.807, 2.05) is 24.5 Å². The van der Waals surface area contributed by atoms with Crippen molar-refractivity contribution in [3.05, 3.63) is 54.4 Å². The average molecular weight is 377 g/mol. The number of nitrogens with two attached hydrogens (primary N) is 1. The second kappa shape index (κ2) is 7.98. The molecule has 1 aliphatic rings. The lowest BCUT2D eigenvalue weighted by atomic mass is 9.96. The Morgan fingerprint density at radius 1 is 1.11 bits per heavy atom. The van der Waals surface area contributed by atoms with E-state index in [9.17, 15) is 0 Å². The lowest BCUT2D eigenvalue weighted by Crippen LogP contribution is -2.30. The Hall–Kier alpha value is -2.93. The molecule has 146 valence electrons. The van der Waals surface area contributed by atoms with E-state index in [2.05, 4.69) is 44.9 Å². The Bertz CT molecular complexity index is 927. The number of nitrogen functional groups attached to an aromatic ring is 1. The fourth-order valence-corrected chi connectivity index (χ4v) is 3.79. The predicted octanol–water partition coefficient (Wildman–Crippen LogP) is 2.88. The molecule has 3 aromatic heterocycles. The van der Waals surface area contributed by atoms with Gasteiger partial charge in [0.1, 0.15) is 11.6 Å². The summed E-state index contributed by atoms with van der Waals surface area (Å²) >= 11 is 0. The molecule has 28 heavy (non-hydrogen) atoms. The van der Waals surface area contributed by atoms with Crippen LogP contribution in [-0.4, -0.2) is 44.6 Å². The summed E-state index contributed by atoms with van der Waals surface area (Å²) in [6, 6.07) is 6.02. The van der Waals surface area contributed by atoms with Crippen molar-refractivity contribution in [2.75, 3.05) is 31.2 Å². The molecule has 1 fully saturated rings. The third kappa shape index (κ3) is 3.84. The Balaban J connectivity index is 1.54. The van der Waals surface area contributed by atoms with Crippen LogP contribution in [0.15, 0.2) is 43.0 Å². The standard InChI is InChI=1S/C21H27N7/c1-27-9-5-16(6-10-27)21-26-14-19(28(21)2)17-11-18(20(22)25-13-17)24-12-15-3-7-23-8-4-15/h3-4,7-8,11,13-14,16,24H,5-6,9-10,12H2,1-2H3,(H2,22,25). The summed E-state index contributed by atoms with van der Waals surface area (Å²) in [5.41, 5.74) is 10.1. The zero-order chi connectivity index (χ0) is 19.5. The van der Waals surface area contributed by atoms with Crippen LogP contribution in [0.2, 0.25) is 0 Å². The molecule has 7 heteroatoms. The van der Waals surface area contributed by atoms with Crippen LogP contribution in [0.5, 0.6) is 0 Å². The fourth-order valence-electron chi connectivity index (χ4n) is 3.79. The second-order valence-electron chi connectivity index (χ2n) is 7.50. The summed E-state index contributed by atoms with van der Waals surface area (Å²) in [5.74, 6) is 2.17. The molecule has 4 rings (SSSR count). The average Bonchev–Trinajstić information content (AvgIpc) is 3.10. The van der Waals surface area contributed by atoms with Gasteiger partial charge in [0.25, 0.3) is 0 Å². The van der Waals surface area contributed by atoms with Gasteiger partial charge in [-0.25, -0.2) is 9.97 Å². The van der Waals surface area contributed by atoms with Gasteiger partial charge in [-0.1, -0.05) is 0 Å². The molecule has 0 radical (unpaired) electrons. The molecule has 0 saturated carbocycles. The second-order valence-corrected chi connectivity index (χ2v) is 7.50. The number of hydrogen-bond donors (Lipinski definition) is 2. The third-order valence-electron chi connectivity index (χ3n) is 5.55. The highest BCUT2D eigenvalue weighted by Gasteiger charge is 2.23. The Morgan fingerprint density at radius 2 is 1.86 bits per heavy atom. The monoisotopic (exact) mass is 377 g/mol. The molecule has 4 heterocycles. The lowest BCUT2D eigenvalue weighted by Gasteiger charge is -2.28. The van der Waals surface area contributed by atoms with E-state index < -0.39 is 0 Å². The smallest absolute Gasteiger partial charge is 0.146 e. The molecule has 0 spiro atoms. The molecule has 3 N–H and O–H groups in total. The van der Waals surface area contributed by atoms with E-state index in [0.717, 1.165) is 54.3 Å². The summed E-state index contributed by atoms with van der Waals surface area (Å²) in [7, 11) is 4.27. The molecule has 0 atom stereocenters. The molecule has 0 bridgehead atoms. The van der Waals surface area contributed by atoms with Crippen LogP contribution < -0.4 is 11.1 Å². The quantitative estimate of drug-likeness (QED) is 0.711. The first-order valence-corrected chi connectivity index (χ1v) is 9.70. The van der Waals surface area contributed by atoms with Gasteiger partial charge in [-0.15, -0.1) is 0 Å². The van der Waals surface area contributed by atoms with Crippen LogP contribution in [0, 0.1) is 0 Å². The van der Waals surface area contributed by atoms with E-state index in [0.29, 0.717) is 18.3 Å². The van der Waals surface area contributed by atoms with Gasteiger partial charge >= 0.3 is 0 Å². The van der Waals surface area contributed by atoms with Crippen molar-refractivity contribution in [3.8, 4) is 11.3 Å². The maximum absolute atomic E-state index is 6.09. The molecule has 0 aliphatic carbocycles. The highest BCUT2D eigenvalue weighted by atomic mass is 15.1. The van der Waals surface area contributed by atoms with Crippen LogP contribution in [0.25, 0.3) is 11.3 Å². The number of imidazole rings is 1. The number of pyridine rings is 2. The van der Waals surface area contributed by atoms with E-state index >= 15 is 0 Å². The SMILES string of the molecule is CN1CCC(c2ncc(-c3cnc(N)c(NCc4ccncc4)c3)n2C)CC1. The molecule has 0 amide bonds. The molecular weight excluding hydrogens is 350 g/mol. The van der Waals surface area contributed by atoms with Gasteiger partial charge in [-0.2, -0.15) is 0 Å². The number of rotatable bonds is 5. The maximum atomic E-state index is 6.09. The fraction of sp³-hybridized carbons (Fsp3) is 0.381. The summed E-state index contributed by atoms with van der Waals surface area (Å²) in [6.07, 6.45) is 9.65. The van der Waals surface area contributed by atoms with Gasteiger partial charge in [0.2, 0.25) is 0 Å². The number of aromatic nitrogens is 4. The number of piperidine rings is 1. The minimum Gasteiger partial charge on any atom is -0.382 e. The van der Waals surface area contributed by atoms with Gasteiger partial charge in [0, 0.05) is 43.7 Å². The maximum Gasteiger partial charge on any atom is 0.146 e. The number of nitrogens with one attached hydrogen (secondary N) is 1. The van der Waals surface area contributed by atoms with Gasteiger partial charge in [0.05, 0.1) is 17.6 Å². The zero-order valence-electron chi connectivity index (χ0n) is 16.5. The van der Waals surface area contributed by atoms with E-state index in [4.69, 9.17) is 10.7 Å². The van der Waals surface area contributed by atoms with E-state index in [1.165, 1.54) is 0 Å². The van der Waals surface area contributed by atoms with Crippen molar-refractivity contribution < 1.29 is 0 Å². The Kier molecular flexibility index (Phi) is 5.25. The summed E-state index contributed by atoms with van der Waals surface area (Å²) in [4.78, 5) is 15.6. The minimum absolute atomic E-state index is 0.496. The van der Waals surface area contributed by atoms with Crippen molar-refractivity contribution in [2.45, 2.75) is 25.3 Å². The van der Waals surface area contributed by atoms with Gasteiger partial charge in [0.15, 0.2) is 0 Å². The molecule has 3 aromatic rings. The first-order chi connectivity index (χ1) is 13.6. The van der Waals surface area contributed by atoms with Crippen LogP contribution in [0.3, 0.4) is 0 Å². The molecular formula is C21H27N7. The highest BCUT2D eigenvalue weighted by Crippen LogP contribution is 2.31. The van der Waals surface area contributed by atoms with Gasteiger partial charge < -0.3 is 20.5 Å². The van der Waals surface area contributed by atoms with Crippen LogP contribution in [0.1, 0.15) is 30.1 Å².